The molecule has 4 nitrogen and oxygen atoms in total. The average Bonchev–Trinajstić information content (AvgIpc) is 2.67. The lowest BCUT2D eigenvalue weighted by Crippen LogP contribution is -2.40. The van der Waals surface area contributed by atoms with Crippen molar-refractivity contribution in [1.29, 1.82) is 0 Å². The Balaban J connectivity index is 1.98. The summed E-state index contributed by atoms with van der Waals surface area (Å²) in [6.45, 7) is 1.16. The monoisotopic (exact) mass is 337 g/mol. The Morgan fingerprint density at radius 2 is 1.72 bits per heavy atom. The Hall–Kier alpha value is -2.59. The fraction of sp³-hybridized carbons (Fsp3) is 0.286. The van der Waals surface area contributed by atoms with Crippen LogP contribution in [0.1, 0.15) is 24.0 Å². The highest BCUT2D eigenvalue weighted by molar-refractivity contribution is 6.24. The summed E-state index contributed by atoms with van der Waals surface area (Å²) in [6.07, 6.45) is 2.84. The molecule has 0 spiro atoms. The normalized spacial score (nSPS) is 15.9. The van der Waals surface area contributed by atoms with E-state index in [4.69, 9.17) is 4.74 Å². The molecule has 1 heterocycles. The highest BCUT2D eigenvalue weighted by Gasteiger charge is 2.24. The highest BCUT2D eigenvalue weighted by Crippen LogP contribution is 2.27. The Morgan fingerprint density at radius 3 is 2.40 bits per heavy atom. The fourth-order valence-corrected chi connectivity index (χ4v) is 3.07. The number of carbonyl (C=O) groups excluding carboxylic acids is 1. The Morgan fingerprint density at radius 1 is 1.08 bits per heavy atom. The molecule has 0 unspecified atom stereocenters. The van der Waals surface area contributed by atoms with E-state index >= 15 is 0 Å². The molecule has 0 aliphatic carbocycles. The summed E-state index contributed by atoms with van der Waals surface area (Å²) in [5.74, 6) is 0.724. The van der Waals surface area contributed by atoms with Gasteiger partial charge in [-0.3, -0.25) is 4.79 Å². The van der Waals surface area contributed by atoms with Crippen LogP contribution in [0.4, 0.5) is 0 Å². The second kappa shape index (κ2) is 7.99. The van der Waals surface area contributed by atoms with Gasteiger partial charge in [0.1, 0.15) is 5.75 Å². The van der Waals surface area contributed by atoms with E-state index in [2.05, 4.69) is 0 Å². The molecule has 0 radical (unpaired) electrons. The molecule has 1 aliphatic heterocycles. The minimum absolute atomic E-state index is 0.0102. The molecular formula is C21H23NO3. The van der Waals surface area contributed by atoms with Gasteiger partial charge >= 0.3 is 0 Å². The molecular weight excluding hydrogens is 314 g/mol. The van der Waals surface area contributed by atoms with Crippen LogP contribution in [0.15, 0.2) is 54.6 Å². The number of aliphatic hydroxyl groups is 1. The summed E-state index contributed by atoms with van der Waals surface area (Å²) < 4.78 is 5.42. The van der Waals surface area contributed by atoms with Crippen LogP contribution in [0, 0.1) is 0 Å². The minimum Gasteiger partial charge on any atom is -0.496 e. The quantitative estimate of drug-likeness (QED) is 0.688. The maximum atomic E-state index is 13.1. The van der Waals surface area contributed by atoms with E-state index in [1.54, 1.807) is 7.11 Å². The van der Waals surface area contributed by atoms with Crippen LogP contribution in [0.2, 0.25) is 0 Å². The number of para-hydroxylation sites is 1. The van der Waals surface area contributed by atoms with E-state index in [0.29, 0.717) is 31.5 Å². The third kappa shape index (κ3) is 4.09. The number of ether oxygens (including phenoxy) is 1. The molecule has 0 aromatic heterocycles. The molecule has 0 saturated carbocycles. The van der Waals surface area contributed by atoms with Crippen LogP contribution < -0.4 is 4.74 Å². The summed E-state index contributed by atoms with van der Waals surface area (Å²) in [7, 11) is 1.63. The third-order valence-corrected chi connectivity index (χ3v) is 4.51. The lowest BCUT2D eigenvalue weighted by molar-refractivity contribution is -0.126. The molecule has 0 bridgehead atoms. The lowest BCUT2D eigenvalue weighted by atomic mass is 9.99. The molecule has 0 atom stereocenters. The zero-order valence-corrected chi connectivity index (χ0v) is 14.4. The third-order valence-electron chi connectivity index (χ3n) is 4.51. The van der Waals surface area contributed by atoms with E-state index in [1.165, 1.54) is 0 Å². The van der Waals surface area contributed by atoms with Gasteiger partial charge in [0.15, 0.2) is 0 Å². The molecule has 3 rings (SSSR count). The largest absolute Gasteiger partial charge is 0.496 e. The van der Waals surface area contributed by atoms with Crippen molar-refractivity contribution in [3.8, 4) is 5.75 Å². The summed E-state index contributed by atoms with van der Waals surface area (Å²) in [6, 6.07) is 17.3. The number of carbonyl (C=O) groups is 1. The molecule has 25 heavy (non-hydrogen) atoms. The maximum Gasteiger partial charge on any atom is 0.254 e. The first-order valence-corrected chi connectivity index (χ1v) is 8.56. The van der Waals surface area contributed by atoms with E-state index < -0.39 is 0 Å². The Kier molecular flexibility index (Phi) is 5.51. The summed E-state index contributed by atoms with van der Waals surface area (Å²) in [5, 5.41) is 9.70. The van der Waals surface area contributed by atoms with Gasteiger partial charge in [0.2, 0.25) is 0 Å². The van der Waals surface area contributed by atoms with Crippen molar-refractivity contribution in [2.45, 2.75) is 18.9 Å². The smallest absolute Gasteiger partial charge is 0.254 e. The number of hydrogen-bond donors (Lipinski definition) is 1. The molecule has 1 fully saturated rings. The number of benzene rings is 2. The Labute approximate surface area is 148 Å². The topological polar surface area (TPSA) is 49.8 Å². The van der Waals surface area contributed by atoms with Crippen molar-refractivity contribution in [2.75, 3.05) is 20.2 Å². The average molecular weight is 337 g/mol. The Bertz CT molecular complexity index is 747. The van der Waals surface area contributed by atoms with Gasteiger partial charge in [0.05, 0.1) is 13.2 Å². The van der Waals surface area contributed by atoms with Gasteiger partial charge in [-0.1, -0.05) is 48.5 Å². The molecule has 4 heteroatoms. The molecule has 2 aromatic rings. The molecule has 130 valence electrons. The van der Waals surface area contributed by atoms with Gasteiger partial charge in [-0.15, -0.1) is 0 Å². The summed E-state index contributed by atoms with van der Waals surface area (Å²) >= 11 is 0. The van der Waals surface area contributed by atoms with E-state index in [-0.39, 0.29) is 12.0 Å². The van der Waals surface area contributed by atoms with Crippen LogP contribution in [0.25, 0.3) is 11.6 Å². The number of aliphatic hydroxyl groups excluding tert-OH is 1. The first-order chi connectivity index (χ1) is 12.2. The van der Waals surface area contributed by atoms with Crippen LogP contribution in [0.5, 0.6) is 5.75 Å². The molecule has 1 amide bonds. The minimum atomic E-state index is -0.303. The first kappa shape index (κ1) is 17.2. The van der Waals surface area contributed by atoms with Gasteiger partial charge in [-0.25, -0.2) is 0 Å². The highest BCUT2D eigenvalue weighted by atomic mass is 16.5. The SMILES string of the molecule is COc1ccccc1/C=C(/C(=O)N1CCC(O)CC1)c1ccccc1. The maximum absolute atomic E-state index is 13.1. The van der Waals surface area contributed by atoms with E-state index in [0.717, 1.165) is 16.9 Å². The van der Waals surface area contributed by atoms with Crippen LogP contribution >= 0.6 is 0 Å². The predicted molar refractivity (Wildman–Crippen MR) is 99.1 cm³/mol. The number of piperidine rings is 1. The number of nitrogens with zero attached hydrogens (tertiary/aromatic N) is 1. The van der Waals surface area contributed by atoms with E-state index in [9.17, 15) is 9.90 Å². The molecule has 1 aliphatic rings. The zero-order valence-electron chi connectivity index (χ0n) is 14.4. The first-order valence-electron chi connectivity index (χ1n) is 8.56. The standard InChI is InChI=1S/C21H23NO3/c1-25-20-10-6-5-9-17(20)15-19(16-7-3-2-4-8-16)21(24)22-13-11-18(23)12-14-22/h2-10,15,18,23H,11-14H2,1H3/b19-15+. The van der Waals surface area contributed by atoms with Crippen LogP contribution in [-0.4, -0.2) is 42.2 Å². The summed E-state index contributed by atoms with van der Waals surface area (Å²) in [4.78, 5) is 15.0. The second-order valence-electron chi connectivity index (χ2n) is 6.19. The van der Waals surface area contributed by atoms with Gasteiger partial charge in [-0.05, 0) is 30.5 Å². The second-order valence-corrected chi connectivity index (χ2v) is 6.19. The number of methoxy groups -OCH3 is 1. The predicted octanol–water partition coefficient (Wildman–Crippen LogP) is 3.22. The van der Waals surface area contributed by atoms with Crippen molar-refractivity contribution < 1.29 is 14.6 Å². The van der Waals surface area contributed by atoms with Crippen LogP contribution in [0.3, 0.4) is 0 Å². The molecule has 1 saturated heterocycles. The zero-order chi connectivity index (χ0) is 17.6. The number of hydrogen-bond acceptors (Lipinski definition) is 3. The number of rotatable bonds is 4. The van der Waals surface area contributed by atoms with Crippen LogP contribution in [-0.2, 0) is 4.79 Å². The van der Waals surface area contributed by atoms with Gasteiger partial charge < -0.3 is 14.7 Å². The summed E-state index contributed by atoms with van der Waals surface area (Å²) in [5.41, 5.74) is 2.39. The van der Waals surface area contributed by atoms with Gasteiger partial charge in [0.25, 0.3) is 5.91 Å². The van der Waals surface area contributed by atoms with Crippen molar-refractivity contribution in [2.24, 2.45) is 0 Å². The van der Waals surface area contributed by atoms with Gasteiger partial charge in [0, 0.05) is 24.2 Å². The van der Waals surface area contributed by atoms with Gasteiger partial charge in [-0.2, -0.15) is 0 Å². The van der Waals surface area contributed by atoms with Crippen molar-refractivity contribution >= 4 is 17.6 Å². The van der Waals surface area contributed by atoms with Crippen molar-refractivity contribution in [1.82, 2.24) is 4.90 Å². The fourth-order valence-electron chi connectivity index (χ4n) is 3.07. The van der Waals surface area contributed by atoms with E-state index in [1.807, 2.05) is 65.6 Å². The molecule has 1 N–H and O–H groups in total. The number of amides is 1. The lowest BCUT2D eigenvalue weighted by Gasteiger charge is -2.30. The van der Waals surface area contributed by atoms with Crippen molar-refractivity contribution in [3.63, 3.8) is 0 Å². The van der Waals surface area contributed by atoms with Crippen molar-refractivity contribution in [3.05, 3.63) is 65.7 Å². The number of likely N-dealkylation sites (tertiary alicyclic amines) is 1. The molecule has 2 aromatic carbocycles.